The Kier molecular flexibility index (Phi) is 6.27. The van der Waals surface area contributed by atoms with Gasteiger partial charge in [-0.05, 0) is 48.9 Å². The molecule has 9 heteroatoms. The Morgan fingerprint density at radius 3 is 2.15 bits per heavy atom. The molecule has 0 fully saturated rings. The summed E-state index contributed by atoms with van der Waals surface area (Å²) in [6, 6.07) is 20.1. The second kappa shape index (κ2) is 9.30. The fraction of sp³-hybridized carbons (Fsp3) is 0.120. The van der Waals surface area contributed by atoms with E-state index in [-0.39, 0.29) is 17.0 Å². The van der Waals surface area contributed by atoms with Crippen molar-refractivity contribution in [2.24, 2.45) is 0 Å². The van der Waals surface area contributed by atoms with Crippen LogP contribution in [0.1, 0.15) is 12.5 Å². The van der Waals surface area contributed by atoms with E-state index in [4.69, 9.17) is 4.74 Å². The molecule has 0 saturated carbocycles. The zero-order valence-electron chi connectivity index (χ0n) is 17.9. The van der Waals surface area contributed by atoms with Crippen molar-refractivity contribution in [1.29, 1.82) is 0 Å². The minimum absolute atomic E-state index is 0.0268. The second-order valence-electron chi connectivity index (χ2n) is 7.16. The van der Waals surface area contributed by atoms with Gasteiger partial charge in [-0.15, -0.1) is 13.2 Å². The van der Waals surface area contributed by atoms with Crippen LogP contribution in [0, 0.1) is 0 Å². The molecule has 0 atom stereocenters. The van der Waals surface area contributed by atoms with Gasteiger partial charge in [-0.2, -0.15) is 0 Å². The Labute approximate surface area is 193 Å². The van der Waals surface area contributed by atoms with Gasteiger partial charge in [0, 0.05) is 0 Å². The number of amides is 2. The molecule has 2 amide bonds. The number of nitrogens with one attached hydrogen (secondary N) is 1. The summed E-state index contributed by atoms with van der Waals surface area (Å²) in [4.78, 5) is 27.7. The van der Waals surface area contributed by atoms with Gasteiger partial charge in [-0.1, -0.05) is 42.5 Å². The molecule has 0 aliphatic carbocycles. The third-order valence-corrected chi connectivity index (χ3v) is 4.92. The Balaban J connectivity index is 1.73. The number of carbonyl (C=O) groups excluding carboxylic acids is 2. The highest BCUT2D eigenvalue weighted by atomic mass is 19.4. The molecule has 1 aliphatic rings. The van der Waals surface area contributed by atoms with Crippen LogP contribution in [0.5, 0.6) is 11.5 Å². The molecular weight excluding hydrogens is 449 g/mol. The fourth-order valence-corrected chi connectivity index (χ4v) is 3.54. The van der Waals surface area contributed by atoms with Gasteiger partial charge >= 0.3 is 6.36 Å². The molecular formula is C25H19F3N2O4. The maximum atomic E-state index is 13.4. The number of halogens is 3. The van der Waals surface area contributed by atoms with Gasteiger partial charge in [0.05, 0.1) is 23.6 Å². The Bertz CT molecular complexity index is 1240. The van der Waals surface area contributed by atoms with E-state index in [0.29, 0.717) is 23.6 Å². The predicted octanol–water partition coefficient (Wildman–Crippen LogP) is 5.38. The largest absolute Gasteiger partial charge is 0.573 e. The number of hydrogen-bond acceptors (Lipinski definition) is 5. The molecule has 0 bridgehead atoms. The predicted molar refractivity (Wildman–Crippen MR) is 120 cm³/mol. The lowest BCUT2D eigenvalue weighted by Gasteiger charge is -2.17. The van der Waals surface area contributed by atoms with E-state index in [1.807, 2.05) is 6.92 Å². The lowest BCUT2D eigenvalue weighted by Crippen LogP contribution is -2.32. The molecule has 0 aromatic heterocycles. The number of benzene rings is 3. The second-order valence-corrected chi connectivity index (χ2v) is 7.16. The molecule has 6 nitrogen and oxygen atoms in total. The smallest absolute Gasteiger partial charge is 0.492 e. The van der Waals surface area contributed by atoms with Crippen LogP contribution in [0.25, 0.3) is 5.57 Å². The van der Waals surface area contributed by atoms with Gasteiger partial charge in [0.25, 0.3) is 11.8 Å². The third kappa shape index (κ3) is 4.73. The summed E-state index contributed by atoms with van der Waals surface area (Å²) >= 11 is 0. The molecule has 3 aromatic carbocycles. The normalized spacial score (nSPS) is 13.9. The number of ether oxygens (including phenoxy) is 2. The summed E-state index contributed by atoms with van der Waals surface area (Å²) in [7, 11) is 0. The Hall–Kier alpha value is -4.27. The first-order valence-electron chi connectivity index (χ1n) is 10.3. The van der Waals surface area contributed by atoms with Crippen LogP contribution in [-0.2, 0) is 9.59 Å². The first-order chi connectivity index (χ1) is 16.3. The fourth-order valence-electron chi connectivity index (χ4n) is 3.54. The molecule has 1 N–H and O–H groups in total. The highest BCUT2D eigenvalue weighted by Gasteiger charge is 2.40. The average molecular weight is 468 g/mol. The summed E-state index contributed by atoms with van der Waals surface area (Å²) in [5, 5.41) is 3.03. The van der Waals surface area contributed by atoms with Gasteiger partial charge in [0.1, 0.15) is 17.2 Å². The summed E-state index contributed by atoms with van der Waals surface area (Å²) in [5.41, 5.74) is 1.26. The first kappa shape index (κ1) is 22.9. The zero-order valence-corrected chi connectivity index (χ0v) is 17.9. The van der Waals surface area contributed by atoms with Crippen molar-refractivity contribution in [2.45, 2.75) is 13.3 Å². The van der Waals surface area contributed by atoms with E-state index < -0.39 is 23.9 Å². The highest BCUT2D eigenvalue weighted by Crippen LogP contribution is 2.36. The Morgan fingerprint density at radius 2 is 1.50 bits per heavy atom. The van der Waals surface area contributed by atoms with Gasteiger partial charge in [-0.3, -0.25) is 9.59 Å². The van der Waals surface area contributed by atoms with E-state index >= 15 is 0 Å². The van der Waals surface area contributed by atoms with E-state index in [1.165, 1.54) is 12.1 Å². The molecule has 1 aliphatic heterocycles. The molecule has 0 unspecified atom stereocenters. The quantitative estimate of drug-likeness (QED) is 0.472. The van der Waals surface area contributed by atoms with Crippen LogP contribution < -0.4 is 19.7 Å². The van der Waals surface area contributed by atoms with E-state index in [1.54, 1.807) is 54.6 Å². The standard InChI is InChI=1S/C25H19F3N2O4/c1-2-33-20-11-7-6-10-19(20)29-22-21(16-8-4-3-5-9-16)23(31)30(24(22)32)17-12-14-18(15-13-17)34-25(26,27)28/h3-15,29H,2H2,1H3. The summed E-state index contributed by atoms with van der Waals surface area (Å²) in [6.07, 6.45) is -4.85. The van der Waals surface area contributed by atoms with Crippen LogP contribution in [-0.4, -0.2) is 24.8 Å². The number of alkyl halides is 3. The number of carbonyl (C=O) groups is 2. The number of rotatable bonds is 7. The zero-order chi connectivity index (χ0) is 24.3. The van der Waals surface area contributed by atoms with E-state index in [0.717, 1.165) is 17.0 Å². The monoisotopic (exact) mass is 468 g/mol. The Morgan fingerprint density at radius 1 is 0.853 bits per heavy atom. The molecule has 174 valence electrons. The van der Waals surface area contributed by atoms with Crippen molar-refractivity contribution in [1.82, 2.24) is 0 Å². The lowest BCUT2D eigenvalue weighted by atomic mass is 10.0. The average Bonchev–Trinajstić information content (AvgIpc) is 3.05. The van der Waals surface area contributed by atoms with Crippen LogP contribution in [0.3, 0.4) is 0 Å². The number of imide groups is 1. The SMILES string of the molecule is CCOc1ccccc1NC1=C(c2ccccc2)C(=O)N(c2ccc(OC(F)(F)F)cc2)C1=O. The number of nitrogens with zero attached hydrogens (tertiary/aromatic N) is 1. The van der Waals surface area contributed by atoms with Crippen LogP contribution >= 0.6 is 0 Å². The summed E-state index contributed by atoms with van der Waals surface area (Å²) in [5.74, 6) is -1.23. The minimum atomic E-state index is -4.85. The maximum absolute atomic E-state index is 13.4. The van der Waals surface area contributed by atoms with Crippen molar-refractivity contribution in [3.8, 4) is 11.5 Å². The molecule has 0 saturated heterocycles. The first-order valence-corrected chi connectivity index (χ1v) is 10.3. The number of anilines is 2. The topological polar surface area (TPSA) is 67.9 Å². The van der Waals surface area contributed by atoms with Crippen LogP contribution in [0.2, 0.25) is 0 Å². The molecule has 1 heterocycles. The lowest BCUT2D eigenvalue weighted by molar-refractivity contribution is -0.274. The van der Waals surface area contributed by atoms with Gasteiger partial charge in [-0.25, -0.2) is 4.90 Å². The van der Waals surface area contributed by atoms with Crippen LogP contribution in [0.15, 0.2) is 84.6 Å². The van der Waals surface area contributed by atoms with Crippen molar-refractivity contribution in [3.63, 3.8) is 0 Å². The molecule has 0 radical (unpaired) electrons. The van der Waals surface area contributed by atoms with Gasteiger partial charge < -0.3 is 14.8 Å². The van der Waals surface area contributed by atoms with Crippen LogP contribution in [0.4, 0.5) is 24.5 Å². The van der Waals surface area contributed by atoms with Crippen molar-refractivity contribution < 1.29 is 32.2 Å². The van der Waals surface area contributed by atoms with Crippen molar-refractivity contribution in [2.75, 3.05) is 16.8 Å². The number of hydrogen-bond donors (Lipinski definition) is 1. The van der Waals surface area contributed by atoms with Crippen molar-refractivity contribution >= 4 is 28.8 Å². The molecule has 4 rings (SSSR count). The highest BCUT2D eigenvalue weighted by molar-refractivity contribution is 6.46. The minimum Gasteiger partial charge on any atom is -0.492 e. The van der Waals surface area contributed by atoms with Gasteiger partial charge in [0.15, 0.2) is 0 Å². The summed E-state index contributed by atoms with van der Waals surface area (Å²) in [6.45, 7) is 2.22. The third-order valence-electron chi connectivity index (χ3n) is 4.92. The number of para-hydroxylation sites is 2. The molecule has 34 heavy (non-hydrogen) atoms. The van der Waals surface area contributed by atoms with Gasteiger partial charge in [0.2, 0.25) is 0 Å². The van der Waals surface area contributed by atoms with E-state index in [2.05, 4.69) is 10.1 Å². The summed E-state index contributed by atoms with van der Waals surface area (Å²) < 4.78 is 46.9. The maximum Gasteiger partial charge on any atom is 0.573 e. The van der Waals surface area contributed by atoms with E-state index in [9.17, 15) is 22.8 Å². The molecule has 3 aromatic rings. The van der Waals surface area contributed by atoms with Crippen molar-refractivity contribution in [3.05, 3.63) is 90.1 Å². The molecule has 0 spiro atoms.